The highest BCUT2D eigenvalue weighted by atomic mass is 79.9. The summed E-state index contributed by atoms with van der Waals surface area (Å²) in [6.45, 7) is 3.88. The summed E-state index contributed by atoms with van der Waals surface area (Å²) in [5.74, 6) is 0. The fraction of sp³-hybridized carbons (Fsp3) is 0.273. The van der Waals surface area contributed by atoms with Crippen LogP contribution in [0.15, 0.2) is 35.3 Å². The molecule has 0 saturated carbocycles. The molecule has 1 aromatic carbocycles. The van der Waals surface area contributed by atoms with Gasteiger partial charge in [-0.1, -0.05) is 22.0 Å². The SMILES string of the molecule is C=CCOCc1cc(C(F)(F)F)ccc1Br. The van der Waals surface area contributed by atoms with Gasteiger partial charge in [-0.15, -0.1) is 6.58 Å². The zero-order valence-corrected chi connectivity index (χ0v) is 9.94. The molecular formula is C11H10BrF3O. The smallest absolute Gasteiger partial charge is 0.373 e. The van der Waals surface area contributed by atoms with Crippen LogP contribution in [0.4, 0.5) is 13.2 Å². The Kier molecular flexibility index (Phi) is 4.56. The van der Waals surface area contributed by atoms with Crippen LogP contribution in [0.25, 0.3) is 0 Å². The molecular weight excluding hydrogens is 285 g/mol. The van der Waals surface area contributed by atoms with E-state index in [0.717, 1.165) is 12.1 Å². The van der Waals surface area contributed by atoms with Crippen molar-refractivity contribution >= 4 is 15.9 Å². The maximum absolute atomic E-state index is 12.4. The Labute approximate surface area is 100 Å². The van der Waals surface area contributed by atoms with Crippen LogP contribution in [0.3, 0.4) is 0 Å². The minimum absolute atomic E-state index is 0.122. The maximum atomic E-state index is 12.4. The van der Waals surface area contributed by atoms with Gasteiger partial charge in [0, 0.05) is 4.47 Å². The summed E-state index contributed by atoms with van der Waals surface area (Å²) in [6.07, 6.45) is -2.78. The van der Waals surface area contributed by atoms with Gasteiger partial charge in [0.1, 0.15) is 0 Å². The predicted molar refractivity (Wildman–Crippen MR) is 59.0 cm³/mol. The van der Waals surface area contributed by atoms with Crippen molar-refractivity contribution in [2.45, 2.75) is 12.8 Å². The average Bonchev–Trinajstić information content (AvgIpc) is 2.19. The Morgan fingerprint density at radius 2 is 2.06 bits per heavy atom. The summed E-state index contributed by atoms with van der Waals surface area (Å²) in [4.78, 5) is 0. The largest absolute Gasteiger partial charge is 0.416 e. The normalized spacial score (nSPS) is 11.5. The van der Waals surface area contributed by atoms with Gasteiger partial charge in [-0.25, -0.2) is 0 Å². The van der Waals surface area contributed by atoms with Crippen molar-refractivity contribution in [1.82, 2.24) is 0 Å². The van der Waals surface area contributed by atoms with Crippen molar-refractivity contribution in [2.75, 3.05) is 6.61 Å². The van der Waals surface area contributed by atoms with Crippen molar-refractivity contribution in [1.29, 1.82) is 0 Å². The quantitative estimate of drug-likeness (QED) is 0.598. The molecule has 0 aliphatic carbocycles. The monoisotopic (exact) mass is 294 g/mol. The second kappa shape index (κ2) is 5.50. The Bertz CT molecular complexity index is 374. The average molecular weight is 295 g/mol. The molecule has 0 aliphatic rings. The van der Waals surface area contributed by atoms with Crippen molar-refractivity contribution in [3.05, 3.63) is 46.5 Å². The zero-order valence-electron chi connectivity index (χ0n) is 8.35. The molecule has 1 aromatic rings. The first-order chi connectivity index (χ1) is 7.45. The molecule has 0 N–H and O–H groups in total. The van der Waals surface area contributed by atoms with Gasteiger partial charge in [-0.3, -0.25) is 0 Å². The molecule has 0 bridgehead atoms. The molecule has 0 heterocycles. The van der Waals surface area contributed by atoms with Crippen molar-refractivity contribution < 1.29 is 17.9 Å². The number of halogens is 4. The van der Waals surface area contributed by atoms with Crippen LogP contribution in [0.2, 0.25) is 0 Å². The van der Waals surface area contributed by atoms with Crippen molar-refractivity contribution in [2.24, 2.45) is 0 Å². The molecule has 0 unspecified atom stereocenters. The van der Waals surface area contributed by atoms with E-state index in [0.29, 0.717) is 16.6 Å². The lowest BCUT2D eigenvalue weighted by molar-refractivity contribution is -0.137. The fourth-order valence-corrected chi connectivity index (χ4v) is 1.47. The summed E-state index contributed by atoms with van der Waals surface area (Å²) in [6, 6.07) is 3.48. The van der Waals surface area contributed by atoms with E-state index in [-0.39, 0.29) is 6.61 Å². The van der Waals surface area contributed by atoms with Gasteiger partial charge < -0.3 is 4.74 Å². The fourth-order valence-electron chi connectivity index (χ4n) is 1.11. The van der Waals surface area contributed by atoms with Crippen LogP contribution < -0.4 is 0 Å². The molecule has 0 aliphatic heterocycles. The van der Waals surface area contributed by atoms with E-state index in [4.69, 9.17) is 4.74 Å². The van der Waals surface area contributed by atoms with E-state index in [1.54, 1.807) is 6.08 Å². The summed E-state index contributed by atoms with van der Waals surface area (Å²) in [5, 5.41) is 0. The van der Waals surface area contributed by atoms with Gasteiger partial charge in [-0.2, -0.15) is 13.2 Å². The molecule has 0 atom stereocenters. The number of alkyl halides is 3. The lowest BCUT2D eigenvalue weighted by atomic mass is 10.1. The van der Waals surface area contributed by atoms with Gasteiger partial charge in [0.05, 0.1) is 18.8 Å². The highest BCUT2D eigenvalue weighted by molar-refractivity contribution is 9.10. The summed E-state index contributed by atoms with van der Waals surface area (Å²) >= 11 is 3.18. The maximum Gasteiger partial charge on any atom is 0.416 e. The highest BCUT2D eigenvalue weighted by Crippen LogP contribution is 2.32. The zero-order chi connectivity index (χ0) is 12.2. The van der Waals surface area contributed by atoms with Crippen molar-refractivity contribution in [3.63, 3.8) is 0 Å². The van der Waals surface area contributed by atoms with Gasteiger partial charge in [0.2, 0.25) is 0 Å². The molecule has 0 fully saturated rings. The van der Waals surface area contributed by atoms with Crippen LogP contribution in [0.5, 0.6) is 0 Å². The number of hydrogen-bond acceptors (Lipinski definition) is 1. The van der Waals surface area contributed by atoms with Crippen LogP contribution in [0.1, 0.15) is 11.1 Å². The summed E-state index contributed by atoms with van der Waals surface area (Å²) in [5.41, 5.74) is -0.204. The lowest BCUT2D eigenvalue weighted by Gasteiger charge is -2.10. The number of rotatable bonds is 4. The van der Waals surface area contributed by atoms with Crippen LogP contribution in [-0.2, 0) is 17.5 Å². The van der Waals surface area contributed by atoms with Gasteiger partial charge in [0.15, 0.2) is 0 Å². The third kappa shape index (κ3) is 3.64. The Morgan fingerprint density at radius 1 is 1.38 bits per heavy atom. The molecule has 1 nitrogen and oxygen atoms in total. The van der Waals surface area contributed by atoms with Crippen LogP contribution >= 0.6 is 15.9 Å². The third-order valence-electron chi connectivity index (χ3n) is 1.87. The second-order valence-corrected chi connectivity index (χ2v) is 3.96. The molecule has 0 spiro atoms. The first-order valence-corrected chi connectivity index (χ1v) is 5.28. The number of benzene rings is 1. The highest BCUT2D eigenvalue weighted by Gasteiger charge is 2.30. The number of hydrogen-bond donors (Lipinski definition) is 0. The first-order valence-electron chi connectivity index (χ1n) is 4.49. The van der Waals surface area contributed by atoms with Gasteiger partial charge in [-0.05, 0) is 23.8 Å². The summed E-state index contributed by atoms with van der Waals surface area (Å²) < 4.78 is 43.0. The van der Waals surface area contributed by atoms with E-state index in [2.05, 4.69) is 22.5 Å². The second-order valence-electron chi connectivity index (χ2n) is 3.11. The van der Waals surface area contributed by atoms with E-state index in [1.165, 1.54) is 6.07 Å². The number of ether oxygens (including phenoxy) is 1. The molecule has 0 radical (unpaired) electrons. The molecule has 88 valence electrons. The summed E-state index contributed by atoms with van der Waals surface area (Å²) in [7, 11) is 0. The predicted octanol–water partition coefficient (Wildman–Crippen LogP) is 4.17. The van der Waals surface area contributed by atoms with Crippen molar-refractivity contribution in [3.8, 4) is 0 Å². The Hall–Kier alpha value is -0.810. The Morgan fingerprint density at radius 3 is 2.62 bits per heavy atom. The Balaban J connectivity index is 2.86. The molecule has 0 saturated heterocycles. The molecule has 16 heavy (non-hydrogen) atoms. The van der Waals surface area contributed by atoms with Gasteiger partial charge in [0.25, 0.3) is 0 Å². The molecule has 0 aromatic heterocycles. The molecule has 5 heteroatoms. The molecule has 0 amide bonds. The topological polar surface area (TPSA) is 9.23 Å². The van der Waals surface area contributed by atoms with E-state index < -0.39 is 11.7 Å². The lowest BCUT2D eigenvalue weighted by Crippen LogP contribution is -2.06. The van der Waals surface area contributed by atoms with E-state index in [1.807, 2.05) is 0 Å². The van der Waals surface area contributed by atoms with E-state index in [9.17, 15) is 13.2 Å². The standard InChI is InChI=1S/C11H10BrF3O/c1-2-5-16-7-8-6-9(11(13,14)15)3-4-10(8)12/h2-4,6H,1,5,7H2. The molecule has 1 rings (SSSR count). The van der Waals surface area contributed by atoms with E-state index >= 15 is 0 Å². The minimum atomic E-state index is -4.33. The minimum Gasteiger partial charge on any atom is -0.373 e. The van der Waals surface area contributed by atoms with Crippen LogP contribution in [-0.4, -0.2) is 6.61 Å². The van der Waals surface area contributed by atoms with Gasteiger partial charge >= 0.3 is 6.18 Å². The van der Waals surface area contributed by atoms with Crippen LogP contribution in [0, 0.1) is 0 Å². The third-order valence-corrected chi connectivity index (χ3v) is 2.64. The first kappa shape index (κ1) is 13.3.